The van der Waals surface area contributed by atoms with Crippen molar-refractivity contribution < 1.29 is 13.9 Å². The summed E-state index contributed by atoms with van der Waals surface area (Å²) in [7, 11) is 1.42. The third-order valence-electron chi connectivity index (χ3n) is 4.83. The Morgan fingerprint density at radius 3 is 2.57 bits per heavy atom. The Labute approximate surface area is 164 Å². The van der Waals surface area contributed by atoms with Crippen LogP contribution in [-0.4, -0.2) is 22.8 Å². The molecule has 6 heteroatoms. The summed E-state index contributed by atoms with van der Waals surface area (Å²) in [5.74, 6) is -0.402. The topological polar surface area (TPSA) is 56.1 Å². The van der Waals surface area contributed by atoms with Gasteiger partial charge in [0.05, 0.1) is 31.0 Å². The Morgan fingerprint density at radius 1 is 1.21 bits per heavy atom. The molecule has 0 spiro atoms. The molecular weight excluding hydrogens is 357 g/mol. The molecule has 2 aromatic carbocycles. The molecule has 3 aromatic rings. The highest BCUT2D eigenvalue weighted by atomic mass is 19.1. The summed E-state index contributed by atoms with van der Waals surface area (Å²) in [6, 6.07) is 14.2. The summed E-state index contributed by atoms with van der Waals surface area (Å²) in [5, 5.41) is 7.50. The zero-order chi connectivity index (χ0) is 20.3. The predicted molar refractivity (Wildman–Crippen MR) is 106 cm³/mol. The largest absolute Gasteiger partial charge is 0.494 e. The van der Waals surface area contributed by atoms with E-state index in [1.165, 1.54) is 13.2 Å². The highest BCUT2D eigenvalue weighted by molar-refractivity contribution is 5.79. The van der Waals surface area contributed by atoms with E-state index in [1.807, 2.05) is 55.8 Å². The van der Waals surface area contributed by atoms with Gasteiger partial charge in [-0.05, 0) is 50.6 Å². The molecule has 0 aliphatic rings. The summed E-state index contributed by atoms with van der Waals surface area (Å²) in [6.45, 7) is 5.68. The molecule has 1 amide bonds. The quantitative estimate of drug-likeness (QED) is 0.701. The van der Waals surface area contributed by atoms with Crippen LogP contribution in [0.25, 0.3) is 5.69 Å². The van der Waals surface area contributed by atoms with E-state index in [-0.39, 0.29) is 24.1 Å². The highest BCUT2D eigenvalue weighted by Gasteiger charge is 2.18. The van der Waals surface area contributed by atoms with E-state index in [2.05, 4.69) is 10.4 Å². The molecule has 0 aliphatic heterocycles. The van der Waals surface area contributed by atoms with Crippen molar-refractivity contribution in [3.05, 3.63) is 76.9 Å². The number of nitrogens with one attached hydrogen (secondary N) is 1. The van der Waals surface area contributed by atoms with Crippen LogP contribution in [-0.2, 0) is 11.2 Å². The number of nitrogens with zero attached hydrogens (tertiary/aromatic N) is 2. The van der Waals surface area contributed by atoms with Crippen LogP contribution in [0.3, 0.4) is 0 Å². The lowest BCUT2D eigenvalue weighted by molar-refractivity contribution is -0.121. The van der Waals surface area contributed by atoms with Crippen molar-refractivity contribution in [1.29, 1.82) is 0 Å². The number of methoxy groups -OCH3 is 1. The summed E-state index contributed by atoms with van der Waals surface area (Å²) < 4.78 is 20.7. The van der Waals surface area contributed by atoms with Crippen LogP contribution in [0, 0.1) is 19.7 Å². The predicted octanol–water partition coefficient (Wildman–Crippen LogP) is 4.06. The van der Waals surface area contributed by atoms with Gasteiger partial charge < -0.3 is 10.1 Å². The Hall–Kier alpha value is -3.15. The van der Waals surface area contributed by atoms with Crippen molar-refractivity contribution in [2.75, 3.05) is 7.11 Å². The van der Waals surface area contributed by atoms with E-state index in [9.17, 15) is 9.18 Å². The van der Waals surface area contributed by atoms with Gasteiger partial charge in [-0.2, -0.15) is 5.10 Å². The van der Waals surface area contributed by atoms with Crippen LogP contribution in [0.4, 0.5) is 4.39 Å². The number of carbonyl (C=O) groups excluding carboxylic acids is 1. The van der Waals surface area contributed by atoms with Crippen LogP contribution in [0.1, 0.15) is 35.5 Å². The second-order valence-corrected chi connectivity index (χ2v) is 6.76. The Bertz CT molecular complexity index is 983. The van der Waals surface area contributed by atoms with Crippen LogP contribution in [0.2, 0.25) is 0 Å². The van der Waals surface area contributed by atoms with Crippen molar-refractivity contribution in [3.63, 3.8) is 0 Å². The smallest absolute Gasteiger partial charge is 0.225 e. The molecule has 1 atom stereocenters. The molecular formula is C22H24FN3O2. The summed E-state index contributed by atoms with van der Waals surface area (Å²) in [6.07, 6.45) is 0.216. The van der Waals surface area contributed by atoms with Gasteiger partial charge in [0.2, 0.25) is 5.91 Å². The highest BCUT2D eigenvalue weighted by Crippen LogP contribution is 2.22. The molecule has 1 aromatic heterocycles. The van der Waals surface area contributed by atoms with Crippen molar-refractivity contribution in [1.82, 2.24) is 15.1 Å². The maximum absolute atomic E-state index is 13.9. The fourth-order valence-corrected chi connectivity index (χ4v) is 3.24. The normalized spacial score (nSPS) is 11.9. The number of amides is 1. The fourth-order valence-electron chi connectivity index (χ4n) is 3.24. The van der Waals surface area contributed by atoms with Gasteiger partial charge in [0, 0.05) is 11.3 Å². The standard InChI is InChI=1S/C22H24FN3O2/c1-14(17-10-11-21(28-4)20(23)12-17)24-22(27)13-19-15(2)25-26(16(19)3)18-8-6-5-7-9-18/h5-12,14H,13H2,1-4H3,(H,24,27)/t14-/m0/s1. The monoisotopic (exact) mass is 381 g/mol. The zero-order valence-corrected chi connectivity index (χ0v) is 16.5. The molecule has 0 bridgehead atoms. The van der Waals surface area contributed by atoms with Gasteiger partial charge >= 0.3 is 0 Å². The second-order valence-electron chi connectivity index (χ2n) is 6.76. The first-order valence-corrected chi connectivity index (χ1v) is 9.14. The molecule has 0 radical (unpaired) electrons. The van der Waals surface area contributed by atoms with Crippen molar-refractivity contribution in [3.8, 4) is 11.4 Å². The Kier molecular flexibility index (Phi) is 5.78. The molecule has 3 rings (SSSR count). The van der Waals surface area contributed by atoms with Gasteiger partial charge in [-0.3, -0.25) is 4.79 Å². The van der Waals surface area contributed by atoms with Gasteiger partial charge in [0.15, 0.2) is 11.6 Å². The number of ether oxygens (including phenoxy) is 1. The fraction of sp³-hybridized carbons (Fsp3) is 0.273. The Balaban J connectivity index is 1.73. The number of rotatable bonds is 6. The summed E-state index contributed by atoms with van der Waals surface area (Å²) >= 11 is 0. The molecule has 5 nitrogen and oxygen atoms in total. The van der Waals surface area contributed by atoms with Gasteiger partial charge in [-0.1, -0.05) is 24.3 Å². The Morgan fingerprint density at radius 2 is 1.93 bits per heavy atom. The lowest BCUT2D eigenvalue weighted by Gasteiger charge is -2.15. The van der Waals surface area contributed by atoms with Crippen LogP contribution >= 0.6 is 0 Å². The van der Waals surface area contributed by atoms with E-state index in [0.717, 1.165) is 22.6 Å². The molecule has 0 unspecified atom stereocenters. The number of para-hydroxylation sites is 1. The lowest BCUT2D eigenvalue weighted by Crippen LogP contribution is -2.28. The number of hydrogen-bond acceptors (Lipinski definition) is 3. The van der Waals surface area contributed by atoms with Gasteiger partial charge in [0.1, 0.15) is 0 Å². The first-order valence-electron chi connectivity index (χ1n) is 9.14. The number of carbonyl (C=O) groups is 1. The van der Waals surface area contributed by atoms with E-state index in [1.54, 1.807) is 12.1 Å². The average molecular weight is 381 g/mol. The molecule has 0 fully saturated rings. The van der Waals surface area contributed by atoms with Crippen molar-refractivity contribution in [2.45, 2.75) is 33.2 Å². The minimum Gasteiger partial charge on any atom is -0.494 e. The van der Waals surface area contributed by atoms with E-state index >= 15 is 0 Å². The summed E-state index contributed by atoms with van der Waals surface area (Å²) in [5.41, 5.74) is 4.29. The van der Waals surface area contributed by atoms with Gasteiger partial charge in [0.25, 0.3) is 0 Å². The van der Waals surface area contributed by atoms with Crippen molar-refractivity contribution in [2.24, 2.45) is 0 Å². The number of hydrogen-bond donors (Lipinski definition) is 1. The van der Waals surface area contributed by atoms with E-state index in [0.29, 0.717) is 5.56 Å². The maximum atomic E-state index is 13.9. The SMILES string of the molecule is COc1ccc([C@H](C)NC(=O)Cc2c(C)nn(-c3ccccc3)c2C)cc1F. The zero-order valence-electron chi connectivity index (χ0n) is 16.5. The van der Waals surface area contributed by atoms with Gasteiger partial charge in [-0.15, -0.1) is 0 Å². The first-order chi connectivity index (χ1) is 13.4. The molecule has 0 saturated carbocycles. The number of benzene rings is 2. The molecule has 1 heterocycles. The minimum atomic E-state index is -0.447. The first kappa shape index (κ1) is 19.6. The van der Waals surface area contributed by atoms with Crippen LogP contribution < -0.4 is 10.1 Å². The van der Waals surface area contributed by atoms with E-state index in [4.69, 9.17) is 4.74 Å². The molecule has 146 valence electrons. The third-order valence-corrected chi connectivity index (χ3v) is 4.83. The number of aromatic nitrogens is 2. The van der Waals surface area contributed by atoms with Crippen LogP contribution in [0.5, 0.6) is 5.75 Å². The van der Waals surface area contributed by atoms with E-state index < -0.39 is 5.82 Å². The lowest BCUT2D eigenvalue weighted by atomic mass is 10.1. The maximum Gasteiger partial charge on any atom is 0.225 e. The minimum absolute atomic E-state index is 0.137. The second kappa shape index (κ2) is 8.25. The average Bonchev–Trinajstić information content (AvgIpc) is 2.96. The molecule has 28 heavy (non-hydrogen) atoms. The molecule has 1 N–H and O–H groups in total. The van der Waals surface area contributed by atoms with Crippen molar-refractivity contribution >= 4 is 5.91 Å². The molecule has 0 aliphatic carbocycles. The number of aryl methyl sites for hydroxylation is 1. The molecule has 0 saturated heterocycles. The summed E-state index contributed by atoms with van der Waals surface area (Å²) in [4.78, 5) is 12.6. The number of halogens is 1. The van der Waals surface area contributed by atoms with Gasteiger partial charge in [-0.25, -0.2) is 9.07 Å². The third kappa shape index (κ3) is 4.06. The van der Waals surface area contributed by atoms with Crippen LogP contribution in [0.15, 0.2) is 48.5 Å².